The molecule has 0 amide bonds. The van der Waals surface area contributed by atoms with Crippen molar-refractivity contribution in [2.75, 3.05) is 31.1 Å². The first-order valence-corrected chi connectivity index (χ1v) is 7.74. The van der Waals surface area contributed by atoms with Gasteiger partial charge in [0.1, 0.15) is 5.82 Å². The zero-order chi connectivity index (χ0) is 14.3. The van der Waals surface area contributed by atoms with Gasteiger partial charge in [-0.3, -0.25) is 4.90 Å². The van der Waals surface area contributed by atoms with Crippen LogP contribution in [0.3, 0.4) is 0 Å². The highest BCUT2D eigenvalue weighted by Gasteiger charge is 2.34. The maximum Gasteiger partial charge on any atom is 0.146 e. The maximum atomic E-state index is 14.3. The summed E-state index contributed by atoms with van der Waals surface area (Å²) in [6.45, 7) is 10.8. The second-order valence-corrected chi connectivity index (χ2v) is 7.22. The van der Waals surface area contributed by atoms with Gasteiger partial charge in [0.15, 0.2) is 0 Å². The van der Waals surface area contributed by atoms with Gasteiger partial charge in [-0.05, 0) is 49.0 Å². The third kappa shape index (κ3) is 2.56. The number of halogens is 1. The molecule has 0 aromatic heterocycles. The van der Waals surface area contributed by atoms with Gasteiger partial charge in [0.2, 0.25) is 0 Å². The van der Waals surface area contributed by atoms with Crippen molar-refractivity contribution in [3.63, 3.8) is 0 Å². The highest BCUT2D eigenvalue weighted by Crippen LogP contribution is 2.31. The molecule has 0 radical (unpaired) electrons. The number of anilines is 1. The second kappa shape index (κ2) is 5.03. The third-order valence-corrected chi connectivity index (χ3v) is 4.67. The predicted molar refractivity (Wildman–Crippen MR) is 81.9 cm³/mol. The molecular weight excluding hydrogens is 251 g/mol. The van der Waals surface area contributed by atoms with Crippen molar-refractivity contribution < 1.29 is 4.39 Å². The quantitative estimate of drug-likeness (QED) is 0.817. The predicted octanol–water partition coefficient (Wildman–Crippen LogP) is 3.41. The Labute approximate surface area is 121 Å². The Morgan fingerprint density at radius 1 is 1.10 bits per heavy atom. The van der Waals surface area contributed by atoms with Crippen LogP contribution in [0.15, 0.2) is 18.2 Å². The van der Waals surface area contributed by atoms with E-state index >= 15 is 0 Å². The molecule has 2 fully saturated rings. The zero-order valence-electron chi connectivity index (χ0n) is 12.8. The minimum atomic E-state index is -0.0719. The number of benzene rings is 1. The van der Waals surface area contributed by atoms with E-state index in [2.05, 4.69) is 36.6 Å². The molecule has 2 saturated heterocycles. The fraction of sp³-hybridized carbons (Fsp3) is 0.647. The highest BCUT2D eigenvalue weighted by atomic mass is 19.1. The van der Waals surface area contributed by atoms with E-state index in [1.54, 1.807) is 6.07 Å². The maximum absolute atomic E-state index is 14.3. The van der Waals surface area contributed by atoms with E-state index < -0.39 is 0 Å². The number of hydrogen-bond donors (Lipinski definition) is 0. The summed E-state index contributed by atoms with van der Waals surface area (Å²) in [7, 11) is 0. The molecule has 20 heavy (non-hydrogen) atoms. The number of nitrogens with zero attached hydrogens (tertiary/aromatic N) is 2. The summed E-state index contributed by atoms with van der Waals surface area (Å²) in [5.74, 6) is -0.0719. The van der Waals surface area contributed by atoms with Crippen LogP contribution >= 0.6 is 0 Å². The van der Waals surface area contributed by atoms with Crippen LogP contribution in [0, 0.1) is 5.82 Å². The monoisotopic (exact) mass is 276 g/mol. The summed E-state index contributed by atoms with van der Waals surface area (Å²) in [4.78, 5) is 4.72. The van der Waals surface area contributed by atoms with E-state index in [0.29, 0.717) is 6.04 Å². The van der Waals surface area contributed by atoms with Crippen LogP contribution in [-0.2, 0) is 5.41 Å². The lowest BCUT2D eigenvalue weighted by Gasteiger charge is -2.45. The van der Waals surface area contributed by atoms with E-state index in [0.717, 1.165) is 24.3 Å². The average molecular weight is 276 g/mol. The van der Waals surface area contributed by atoms with Crippen LogP contribution in [0.25, 0.3) is 0 Å². The van der Waals surface area contributed by atoms with Crippen molar-refractivity contribution in [3.05, 3.63) is 29.6 Å². The summed E-state index contributed by atoms with van der Waals surface area (Å²) in [6.07, 6.45) is 2.65. The second-order valence-electron chi connectivity index (χ2n) is 7.22. The molecule has 2 aliphatic heterocycles. The molecular formula is C17H25FN2. The Kier molecular flexibility index (Phi) is 3.49. The molecule has 0 atom stereocenters. The molecule has 0 spiro atoms. The number of likely N-dealkylation sites (tertiary alicyclic amines) is 1. The van der Waals surface area contributed by atoms with Gasteiger partial charge >= 0.3 is 0 Å². The van der Waals surface area contributed by atoms with Crippen LogP contribution in [-0.4, -0.2) is 37.1 Å². The first kappa shape index (κ1) is 13.9. The number of hydrogen-bond acceptors (Lipinski definition) is 2. The Bertz CT molecular complexity index is 480. The van der Waals surface area contributed by atoms with Gasteiger partial charge < -0.3 is 4.90 Å². The molecule has 1 aromatic carbocycles. The fourth-order valence-electron chi connectivity index (χ4n) is 3.22. The molecule has 3 rings (SSSR count). The Morgan fingerprint density at radius 2 is 1.75 bits per heavy atom. The topological polar surface area (TPSA) is 6.48 Å². The molecule has 2 heterocycles. The Morgan fingerprint density at radius 3 is 2.30 bits per heavy atom. The van der Waals surface area contributed by atoms with Gasteiger partial charge in [0, 0.05) is 19.1 Å². The SMILES string of the molecule is CC(C)(C)c1ccc(N2CC(N3CCCC3)C2)c(F)c1. The largest absolute Gasteiger partial charge is 0.366 e. The van der Waals surface area contributed by atoms with Gasteiger partial charge in [-0.2, -0.15) is 0 Å². The Balaban J connectivity index is 1.67. The zero-order valence-corrected chi connectivity index (χ0v) is 12.8. The lowest BCUT2D eigenvalue weighted by molar-refractivity contribution is 0.204. The summed E-state index contributed by atoms with van der Waals surface area (Å²) in [5, 5.41) is 0. The molecule has 110 valence electrons. The summed E-state index contributed by atoms with van der Waals surface area (Å²) < 4.78 is 14.3. The van der Waals surface area contributed by atoms with Crippen molar-refractivity contribution in [2.45, 2.75) is 45.1 Å². The van der Waals surface area contributed by atoms with Crippen molar-refractivity contribution in [1.82, 2.24) is 4.90 Å². The Hall–Kier alpha value is -1.09. The summed E-state index contributed by atoms with van der Waals surface area (Å²) >= 11 is 0. The van der Waals surface area contributed by atoms with Crippen LogP contribution in [0.4, 0.5) is 10.1 Å². The van der Waals surface area contributed by atoms with Crippen molar-refractivity contribution in [1.29, 1.82) is 0 Å². The van der Waals surface area contributed by atoms with Crippen LogP contribution in [0.2, 0.25) is 0 Å². The molecule has 0 saturated carbocycles. The van der Waals surface area contributed by atoms with E-state index in [1.165, 1.54) is 25.9 Å². The molecule has 3 heteroatoms. The standard InChI is InChI=1S/C17H25FN2/c1-17(2,3)13-6-7-16(15(18)10-13)20-11-14(12-20)19-8-4-5-9-19/h6-7,10,14H,4-5,8-9,11-12H2,1-3H3. The summed E-state index contributed by atoms with van der Waals surface area (Å²) in [5.41, 5.74) is 1.84. The minimum Gasteiger partial charge on any atom is -0.366 e. The van der Waals surface area contributed by atoms with Gasteiger partial charge in [-0.15, -0.1) is 0 Å². The van der Waals surface area contributed by atoms with Crippen LogP contribution < -0.4 is 4.90 Å². The van der Waals surface area contributed by atoms with Gasteiger partial charge in [-0.25, -0.2) is 4.39 Å². The lowest BCUT2D eigenvalue weighted by atomic mass is 9.87. The number of rotatable bonds is 2. The van der Waals surface area contributed by atoms with Gasteiger partial charge in [0.25, 0.3) is 0 Å². The average Bonchev–Trinajstić information content (AvgIpc) is 2.81. The van der Waals surface area contributed by atoms with Crippen molar-refractivity contribution >= 4 is 5.69 Å². The van der Waals surface area contributed by atoms with Crippen LogP contribution in [0.1, 0.15) is 39.2 Å². The van der Waals surface area contributed by atoms with E-state index in [1.807, 2.05) is 6.07 Å². The van der Waals surface area contributed by atoms with Gasteiger partial charge in [-0.1, -0.05) is 26.8 Å². The van der Waals surface area contributed by atoms with Crippen molar-refractivity contribution in [2.24, 2.45) is 0 Å². The van der Waals surface area contributed by atoms with E-state index in [9.17, 15) is 4.39 Å². The summed E-state index contributed by atoms with van der Waals surface area (Å²) in [6, 6.07) is 6.37. The van der Waals surface area contributed by atoms with Crippen LogP contribution in [0.5, 0.6) is 0 Å². The molecule has 0 N–H and O–H groups in total. The first-order chi connectivity index (χ1) is 9.45. The minimum absolute atomic E-state index is 0.00635. The van der Waals surface area contributed by atoms with E-state index in [-0.39, 0.29) is 11.2 Å². The fourth-order valence-corrected chi connectivity index (χ4v) is 3.22. The third-order valence-electron chi connectivity index (χ3n) is 4.67. The van der Waals surface area contributed by atoms with Crippen molar-refractivity contribution in [3.8, 4) is 0 Å². The first-order valence-electron chi connectivity index (χ1n) is 7.74. The highest BCUT2D eigenvalue weighted by molar-refractivity contribution is 5.52. The smallest absolute Gasteiger partial charge is 0.146 e. The molecule has 0 bridgehead atoms. The van der Waals surface area contributed by atoms with Gasteiger partial charge in [0.05, 0.1) is 5.69 Å². The molecule has 2 aliphatic rings. The molecule has 1 aromatic rings. The molecule has 2 nitrogen and oxygen atoms in total. The lowest BCUT2D eigenvalue weighted by Crippen LogP contribution is -2.59. The molecule has 0 unspecified atom stereocenters. The normalized spacial score (nSPS) is 21.3. The molecule has 0 aliphatic carbocycles. The van der Waals surface area contributed by atoms with E-state index in [4.69, 9.17) is 0 Å².